The Morgan fingerprint density at radius 1 is 0.862 bits per heavy atom. The van der Waals surface area contributed by atoms with E-state index in [4.69, 9.17) is 4.98 Å². The second kappa shape index (κ2) is 7.27. The number of hydrogen-bond acceptors (Lipinski definition) is 1. The third-order valence-corrected chi connectivity index (χ3v) is 6.57. The Kier molecular flexibility index (Phi) is 4.60. The average Bonchev–Trinajstić information content (AvgIpc) is 2.75. The number of aryl methyl sites for hydroxylation is 1. The van der Waals surface area contributed by atoms with Gasteiger partial charge < -0.3 is 0 Å². The van der Waals surface area contributed by atoms with E-state index < -0.39 is 0 Å². The molecule has 0 radical (unpaired) electrons. The number of pyridine rings is 1. The zero-order chi connectivity index (χ0) is 20.0. The highest BCUT2D eigenvalue weighted by Gasteiger charge is 2.29. The van der Waals surface area contributed by atoms with Crippen molar-refractivity contribution in [3.8, 4) is 22.4 Å². The fourth-order valence-corrected chi connectivity index (χ4v) is 4.95. The normalized spacial score (nSPS) is 16.2. The van der Waals surface area contributed by atoms with Crippen LogP contribution in [-0.4, -0.2) is 4.98 Å². The van der Waals surface area contributed by atoms with Gasteiger partial charge in [-0.3, -0.25) is 0 Å². The first-order chi connectivity index (χ1) is 14.2. The van der Waals surface area contributed by atoms with Crippen molar-refractivity contribution in [3.63, 3.8) is 0 Å². The summed E-state index contributed by atoms with van der Waals surface area (Å²) >= 11 is 3.58. The van der Waals surface area contributed by atoms with E-state index >= 15 is 0 Å². The van der Waals surface area contributed by atoms with Gasteiger partial charge in [-0.15, -0.1) is 0 Å². The number of allylic oxidation sites excluding steroid dienone is 4. The van der Waals surface area contributed by atoms with E-state index in [1.54, 1.807) is 0 Å². The van der Waals surface area contributed by atoms with Crippen LogP contribution in [-0.2, 0) is 19.3 Å². The Hall–Kier alpha value is -2.71. The van der Waals surface area contributed by atoms with E-state index in [0.29, 0.717) is 0 Å². The second-order valence-electron chi connectivity index (χ2n) is 7.72. The number of fused-ring (bicyclic) bond motifs is 4. The molecule has 0 unspecified atom stereocenters. The van der Waals surface area contributed by atoms with E-state index in [-0.39, 0.29) is 0 Å². The minimum Gasteiger partial charge on any atom is -0.247 e. The van der Waals surface area contributed by atoms with Crippen molar-refractivity contribution in [1.29, 1.82) is 0 Å². The first-order valence-corrected chi connectivity index (χ1v) is 10.9. The number of nitrogens with zero attached hydrogens (tertiary/aromatic N) is 1. The first-order valence-electron chi connectivity index (χ1n) is 10.1. The molecule has 2 heteroatoms. The van der Waals surface area contributed by atoms with Crippen LogP contribution in [0.1, 0.15) is 28.8 Å². The van der Waals surface area contributed by atoms with Gasteiger partial charge >= 0.3 is 0 Å². The van der Waals surface area contributed by atoms with Gasteiger partial charge in [0.05, 0.1) is 11.4 Å². The van der Waals surface area contributed by atoms with Gasteiger partial charge in [-0.25, -0.2) is 4.98 Å². The molecule has 29 heavy (non-hydrogen) atoms. The lowest BCUT2D eigenvalue weighted by Crippen LogP contribution is -2.15. The number of rotatable bonds is 2. The fraction of sp³-hybridized carbons (Fsp3) is 0.148. The zero-order valence-corrected chi connectivity index (χ0v) is 17.9. The molecule has 2 aromatic carbocycles. The van der Waals surface area contributed by atoms with Crippen LogP contribution < -0.4 is 0 Å². The lowest BCUT2D eigenvalue weighted by Gasteiger charge is -2.29. The number of benzene rings is 2. The molecule has 1 aromatic heterocycles. The molecular weight excluding hydrogens is 418 g/mol. The van der Waals surface area contributed by atoms with Gasteiger partial charge in [-0.2, -0.15) is 0 Å². The minimum atomic E-state index is 0.966. The molecule has 0 aliphatic heterocycles. The van der Waals surface area contributed by atoms with Crippen LogP contribution in [0.5, 0.6) is 0 Å². The summed E-state index contributed by atoms with van der Waals surface area (Å²) in [6.07, 6.45) is 7.96. The summed E-state index contributed by atoms with van der Waals surface area (Å²) in [5.41, 5.74) is 12.5. The Bertz CT molecular complexity index is 1180. The highest BCUT2D eigenvalue weighted by molar-refractivity contribution is 9.10. The Balaban J connectivity index is 1.87. The molecule has 1 heterocycles. The molecule has 1 nitrogen and oxygen atoms in total. The molecule has 0 bridgehead atoms. The van der Waals surface area contributed by atoms with Crippen LogP contribution in [0, 0.1) is 0 Å². The van der Waals surface area contributed by atoms with Crippen molar-refractivity contribution >= 4 is 21.5 Å². The molecule has 0 atom stereocenters. The molecule has 142 valence electrons. The van der Waals surface area contributed by atoms with Crippen LogP contribution in [0.15, 0.2) is 83.9 Å². The van der Waals surface area contributed by atoms with Gasteiger partial charge in [0.15, 0.2) is 0 Å². The summed E-state index contributed by atoms with van der Waals surface area (Å²) in [6, 6.07) is 17.4. The summed E-state index contributed by atoms with van der Waals surface area (Å²) in [5, 5.41) is 0. The van der Waals surface area contributed by atoms with Crippen molar-refractivity contribution in [1.82, 2.24) is 4.98 Å². The molecule has 0 amide bonds. The maximum atomic E-state index is 5.26. The largest absolute Gasteiger partial charge is 0.247 e. The molecule has 0 spiro atoms. The lowest BCUT2D eigenvalue weighted by molar-refractivity contribution is 0.885. The molecule has 3 aromatic rings. The van der Waals surface area contributed by atoms with Crippen LogP contribution in [0.2, 0.25) is 0 Å². The third kappa shape index (κ3) is 3.03. The topological polar surface area (TPSA) is 12.9 Å². The van der Waals surface area contributed by atoms with Crippen LogP contribution in [0.25, 0.3) is 28.0 Å². The van der Waals surface area contributed by atoms with Gasteiger partial charge in [0.25, 0.3) is 0 Å². The summed E-state index contributed by atoms with van der Waals surface area (Å²) in [5.74, 6) is 0. The fourth-order valence-electron chi connectivity index (χ4n) is 4.68. The minimum absolute atomic E-state index is 0.966. The van der Waals surface area contributed by atoms with Gasteiger partial charge in [0.1, 0.15) is 0 Å². The average molecular weight is 440 g/mol. The summed E-state index contributed by atoms with van der Waals surface area (Å²) in [7, 11) is 0. The van der Waals surface area contributed by atoms with Crippen LogP contribution in [0.3, 0.4) is 0 Å². The van der Waals surface area contributed by atoms with Crippen molar-refractivity contribution in [2.45, 2.75) is 25.7 Å². The predicted octanol–water partition coefficient (Wildman–Crippen LogP) is 7.35. The van der Waals surface area contributed by atoms with Crippen LogP contribution >= 0.6 is 15.9 Å². The quantitative estimate of drug-likeness (QED) is 0.406. The molecule has 5 rings (SSSR count). The Labute approximate surface area is 180 Å². The number of halogens is 1. The van der Waals surface area contributed by atoms with E-state index in [1.807, 2.05) is 6.08 Å². The van der Waals surface area contributed by atoms with E-state index in [2.05, 4.69) is 83.7 Å². The summed E-state index contributed by atoms with van der Waals surface area (Å²) < 4.78 is 1.10. The SMILES string of the molecule is C=CC=C1C(=C)CCc2c1nc1c(c2-c2ccc(Br)cc2)CCc2ccccc2-1. The molecule has 0 fully saturated rings. The highest BCUT2D eigenvalue weighted by Crippen LogP contribution is 2.45. The van der Waals surface area contributed by atoms with E-state index in [1.165, 1.54) is 33.4 Å². The van der Waals surface area contributed by atoms with E-state index in [0.717, 1.165) is 52.7 Å². The standard InChI is InChI=1S/C27H22BrN/c1-3-6-21-17(2)9-15-23-25(19-10-13-20(28)14-11-19)24-16-12-18-7-4-5-8-22(18)27(24)29-26(21)23/h3-8,10-11,13-14H,1-2,9,12,15-16H2. The van der Waals surface area contributed by atoms with Gasteiger partial charge in [-0.1, -0.05) is 77.6 Å². The smallest absolute Gasteiger partial charge is 0.0750 e. The number of aromatic nitrogens is 1. The van der Waals surface area contributed by atoms with Crippen molar-refractivity contribution in [3.05, 3.63) is 106 Å². The Morgan fingerprint density at radius 2 is 1.59 bits per heavy atom. The Morgan fingerprint density at radius 3 is 2.38 bits per heavy atom. The maximum Gasteiger partial charge on any atom is 0.0750 e. The van der Waals surface area contributed by atoms with Gasteiger partial charge in [0.2, 0.25) is 0 Å². The van der Waals surface area contributed by atoms with Crippen molar-refractivity contribution < 1.29 is 0 Å². The number of hydrogen-bond donors (Lipinski definition) is 0. The van der Waals surface area contributed by atoms with Crippen molar-refractivity contribution in [2.75, 3.05) is 0 Å². The molecular formula is C27H22BrN. The summed E-state index contributed by atoms with van der Waals surface area (Å²) in [4.78, 5) is 5.26. The molecule has 0 saturated carbocycles. The lowest BCUT2D eigenvalue weighted by atomic mass is 9.77. The molecule has 0 N–H and O–H groups in total. The zero-order valence-electron chi connectivity index (χ0n) is 16.3. The molecule has 2 aliphatic carbocycles. The summed E-state index contributed by atoms with van der Waals surface area (Å²) in [6.45, 7) is 8.25. The monoisotopic (exact) mass is 439 g/mol. The van der Waals surface area contributed by atoms with Gasteiger partial charge in [0, 0.05) is 15.6 Å². The highest BCUT2D eigenvalue weighted by atomic mass is 79.9. The molecule has 0 saturated heterocycles. The van der Waals surface area contributed by atoms with Crippen LogP contribution in [0.4, 0.5) is 0 Å². The van der Waals surface area contributed by atoms with Gasteiger partial charge in [-0.05, 0) is 71.2 Å². The van der Waals surface area contributed by atoms with Crippen molar-refractivity contribution in [2.24, 2.45) is 0 Å². The van der Waals surface area contributed by atoms with E-state index in [9.17, 15) is 0 Å². The first kappa shape index (κ1) is 18.3. The third-order valence-electron chi connectivity index (χ3n) is 6.05. The molecule has 2 aliphatic rings. The second-order valence-corrected chi connectivity index (χ2v) is 8.64. The predicted molar refractivity (Wildman–Crippen MR) is 126 cm³/mol. The maximum absolute atomic E-state index is 5.26.